The lowest BCUT2D eigenvalue weighted by Gasteiger charge is -2.24. The van der Waals surface area contributed by atoms with Crippen molar-refractivity contribution < 1.29 is 9.13 Å². The van der Waals surface area contributed by atoms with Gasteiger partial charge < -0.3 is 15.8 Å². The lowest BCUT2D eigenvalue weighted by atomic mass is 10.1. The van der Waals surface area contributed by atoms with Crippen LogP contribution in [0.3, 0.4) is 0 Å². The molecular weight excluding hydrogens is 195 g/mol. The lowest BCUT2D eigenvalue weighted by molar-refractivity contribution is 0.0876. The third-order valence-corrected chi connectivity index (χ3v) is 2.54. The third kappa shape index (κ3) is 2.59. The molecular formula is C11H15FN2O. The van der Waals surface area contributed by atoms with Crippen molar-refractivity contribution in [3.8, 4) is 0 Å². The number of benzene rings is 1. The van der Waals surface area contributed by atoms with Crippen LogP contribution in [0, 0.1) is 5.82 Å². The Hall–Kier alpha value is -1.29. The first-order valence-corrected chi connectivity index (χ1v) is 5.15. The highest BCUT2D eigenvalue weighted by Gasteiger charge is 2.14. The molecule has 1 saturated heterocycles. The van der Waals surface area contributed by atoms with Crippen LogP contribution in [0.1, 0.15) is 12.8 Å². The smallest absolute Gasteiger partial charge is 0.125 e. The predicted octanol–water partition coefficient (Wildman–Crippen LogP) is 2.00. The van der Waals surface area contributed by atoms with E-state index in [1.165, 1.54) is 12.1 Å². The maximum absolute atomic E-state index is 13.0. The van der Waals surface area contributed by atoms with Gasteiger partial charge in [0.2, 0.25) is 0 Å². The second kappa shape index (κ2) is 4.49. The first-order chi connectivity index (χ1) is 7.25. The van der Waals surface area contributed by atoms with Crippen LogP contribution in [-0.4, -0.2) is 19.3 Å². The molecule has 4 heteroatoms. The van der Waals surface area contributed by atoms with E-state index in [0.29, 0.717) is 18.0 Å². The van der Waals surface area contributed by atoms with Gasteiger partial charge in [-0.2, -0.15) is 0 Å². The zero-order valence-corrected chi connectivity index (χ0v) is 8.50. The van der Waals surface area contributed by atoms with E-state index in [9.17, 15) is 4.39 Å². The van der Waals surface area contributed by atoms with Crippen LogP contribution in [0.25, 0.3) is 0 Å². The summed E-state index contributed by atoms with van der Waals surface area (Å²) in [6.45, 7) is 1.48. The highest BCUT2D eigenvalue weighted by Crippen LogP contribution is 2.22. The minimum atomic E-state index is -0.275. The zero-order chi connectivity index (χ0) is 10.7. The van der Waals surface area contributed by atoms with E-state index in [4.69, 9.17) is 10.5 Å². The van der Waals surface area contributed by atoms with Crippen molar-refractivity contribution in [1.29, 1.82) is 0 Å². The van der Waals surface area contributed by atoms with Crippen molar-refractivity contribution in [2.45, 2.75) is 18.9 Å². The fourth-order valence-electron chi connectivity index (χ4n) is 1.73. The van der Waals surface area contributed by atoms with Gasteiger partial charge in [-0.3, -0.25) is 0 Å². The summed E-state index contributed by atoms with van der Waals surface area (Å²) in [6, 6.07) is 4.59. The average Bonchev–Trinajstić information content (AvgIpc) is 2.25. The Morgan fingerprint density at radius 3 is 3.07 bits per heavy atom. The Morgan fingerprint density at radius 1 is 1.47 bits per heavy atom. The molecule has 3 nitrogen and oxygen atoms in total. The summed E-state index contributed by atoms with van der Waals surface area (Å²) in [5.41, 5.74) is 6.97. The molecule has 82 valence electrons. The quantitative estimate of drug-likeness (QED) is 0.734. The molecule has 0 aliphatic carbocycles. The highest BCUT2D eigenvalue weighted by molar-refractivity contribution is 5.66. The lowest BCUT2D eigenvalue weighted by Crippen LogP contribution is -2.30. The molecule has 2 rings (SSSR count). The second-order valence-electron chi connectivity index (χ2n) is 3.79. The van der Waals surface area contributed by atoms with E-state index < -0.39 is 0 Å². The molecule has 0 bridgehead atoms. The van der Waals surface area contributed by atoms with Crippen molar-refractivity contribution in [2.24, 2.45) is 0 Å². The van der Waals surface area contributed by atoms with Gasteiger partial charge in [-0.25, -0.2) is 4.39 Å². The van der Waals surface area contributed by atoms with Gasteiger partial charge in [0.1, 0.15) is 5.82 Å². The molecule has 1 fully saturated rings. The molecule has 0 aromatic heterocycles. The maximum atomic E-state index is 13.0. The number of halogens is 1. The fourth-order valence-corrected chi connectivity index (χ4v) is 1.73. The Kier molecular flexibility index (Phi) is 3.06. The summed E-state index contributed by atoms with van der Waals surface area (Å²) in [5, 5.41) is 3.20. The summed E-state index contributed by atoms with van der Waals surface area (Å²) >= 11 is 0. The maximum Gasteiger partial charge on any atom is 0.125 e. The monoisotopic (exact) mass is 210 g/mol. The number of ether oxygens (including phenoxy) is 1. The molecule has 1 heterocycles. The summed E-state index contributed by atoms with van der Waals surface area (Å²) < 4.78 is 18.3. The van der Waals surface area contributed by atoms with Gasteiger partial charge in [-0.05, 0) is 31.0 Å². The van der Waals surface area contributed by atoms with Crippen LogP contribution in [0.15, 0.2) is 18.2 Å². The van der Waals surface area contributed by atoms with Gasteiger partial charge in [0.15, 0.2) is 0 Å². The average molecular weight is 210 g/mol. The van der Waals surface area contributed by atoms with E-state index in [2.05, 4.69) is 5.32 Å². The van der Waals surface area contributed by atoms with Crippen LogP contribution in [0.5, 0.6) is 0 Å². The largest absolute Gasteiger partial charge is 0.397 e. The number of hydrogen-bond acceptors (Lipinski definition) is 3. The van der Waals surface area contributed by atoms with E-state index in [-0.39, 0.29) is 11.9 Å². The zero-order valence-electron chi connectivity index (χ0n) is 8.50. The summed E-state index contributed by atoms with van der Waals surface area (Å²) in [7, 11) is 0. The van der Waals surface area contributed by atoms with Crippen LogP contribution >= 0.6 is 0 Å². The van der Waals surface area contributed by atoms with Crippen LogP contribution in [-0.2, 0) is 4.74 Å². The predicted molar refractivity (Wildman–Crippen MR) is 58.3 cm³/mol. The Balaban J connectivity index is 2.05. The van der Waals surface area contributed by atoms with Crippen LogP contribution in [0.2, 0.25) is 0 Å². The third-order valence-electron chi connectivity index (χ3n) is 2.54. The molecule has 0 amide bonds. The van der Waals surface area contributed by atoms with Crippen molar-refractivity contribution in [3.05, 3.63) is 24.0 Å². The number of anilines is 2. The van der Waals surface area contributed by atoms with Gasteiger partial charge >= 0.3 is 0 Å². The topological polar surface area (TPSA) is 47.3 Å². The van der Waals surface area contributed by atoms with Gasteiger partial charge in [-0.15, -0.1) is 0 Å². The number of rotatable bonds is 2. The summed E-state index contributed by atoms with van der Waals surface area (Å²) in [5.74, 6) is -0.275. The van der Waals surface area contributed by atoms with E-state index in [0.717, 1.165) is 19.4 Å². The molecule has 0 spiro atoms. The molecule has 1 atom stereocenters. The van der Waals surface area contributed by atoms with E-state index in [1.807, 2.05) is 0 Å². The van der Waals surface area contributed by atoms with Crippen LogP contribution in [0.4, 0.5) is 15.8 Å². The Morgan fingerprint density at radius 2 is 2.33 bits per heavy atom. The molecule has 0 radical (unpaired) electrons. The number of nitrogen functional groups attached to an aromatic ring is 1. The van der Waals surface area contributed by atoms with Crippen molar-refractivity contribution in [2.75, 3.05) is 24.3 Å². The molecule has 1 aliphatic heterocycles. The number of nitrogens with one attached hydrogen (secondary N) is 1. The normalized spacial score (nSPS) is 21.3. The summed E-state index contributed by atoms with van der Waals surface area (Å²) in [4.78, 5) is 0. The molecule has 1 unspecified atom stereocenters. The second-order valence-corrected chi connectivity index (χ2v) is 3.79. The molecule has 0 saturated carbocycles. The Bertz CT molecular complexity index is 337. The number of hydrogen-bond donors (Lipinski definition) is 2. The first kappa shape index (κ1) is 10.2. The first-order valence-electron chi connectivity index (χ1n) is 5.15. The summed E-state index contributed by atoms with van der Waals surface area (Å²) in [6.07, 6.45) is 2.07. The fraction of sp³-hybridized carbons (Fsp3) is 0.455. The van der Waals surface area contributed by atoms with E-state index >= 15 is 0 Å². The molecule has 1 aliphatic rings. The highest BCUT2D eigenvalue weighted by atomic mass is 19.1. The number of nitrogens with two attached hydrogens (primary N) is 1. The minimum Gasteiger partial charge on any atom is -0.397 e. The van der Waals surface area contributed by atoms with Gasteiger partial charge in [0, 0.05) is 12.6 Å². The van der Waals surface area contributed by atoms with Crippen molar-refractivity contribution in [1.82, 2.24) is 0 Å². The minimum absolute atomic E-state index is 0.239. The molecule has 1 aromatic carbocycles. The molecule has 15 heavy (non-hydrogen) atoms. The van der Waals surface area contributed by atoms with Crippen molar-refractivity contribution in [3.63, 3.8) is 0 Å². The van der Waals surface area contributed by atoms with Crippen molar-refractivity contribution >= 4 is 11.4 Å². The van der Waals surface area contributed by atoms with Gasteiger partial charge in [0.05, 0.1) is 18.0 Å². The van der Waals surface area contributed by atoms with E-state index in [1.54, 1.807) is 6.07 Å². The van der Waals surface area contributed by atoms with Crippen LogP contribution < -0.4 is 11.1 Å². The standard InChI is InChI=1S/C11H15FN2O/c12-8-3-4-10(13)11(6-8)14-9-2-1-5-15-7-9/h3-4,6,9,14H,1-2,5,7,13H2. The molecule has 1 aromatic rings. The molecule has 3 N–H and O–H groups in total. The van der Waals surface area contributed by atoms with Gasteiger partial charge in [0.25, 0.3) is 0 Å². The SMILES string of the molecule is Nc1ccc(F)cc1NC1CCCOC1. The Labute approximate surface area is 88.4 Å². The van der Waals surface area contributed by atoms with Gasteiger partial charge in [-0.1, -0.05) is 0 Å².